The summed E-state index contributed by atoms with van der Waals surface area (Å²) in [6.07, 6.45) is 1.93. The summed E-state index contributed by atoms with van der Waals surface area (Å²) in [5, 5.41) is 8.86. The molecule has 0 aliphatic heterocycles. The van der Waals surface area contributed by atoms with Gasteiger partial charge in [0.25, 0.3) is 0 Å². The van der Waals surface area contributed by atoms with Crippen LogP contribution in [0.3, 0.4) is 0 Å². The summed E-state index contributed by atoms with van der Waals surface area (Å²) in [5.41, 5.74) is 5.50. The Balaban J connectivity index is 2.01. The number of likely N-dealkylation sites (N-methyl/N-ethyl adjacent to an activating group) is 2. The molecule has 6 heteroatoms. The number of benzene rings is 1. The maximum Gasteiger partial charge on any atom is 0.160 e. The van der Waals surface area contributed by atoms with E-state index < -0.39 is 0 Å². The van der Waals surface area contributed by atoms with E-state index in [2.05, 4.69) is 85.5 Å². The number of fused-ring (bicyclic) bond motifs is 1. The van der Waals surface area contributed by atoms with Crippen molar-refractivity contribution in [2.75, 3.05) is 46.2 Å². The van der Waals surface area contributed by atoms with E-state index in [-0.39, 0.29) is 6.04 Å². The molecule has 0 aliphatic carbocycles. The number of anilines is 1. The van der Waals surface area contributed by atoms with Gasteiger partial charge in [0.15, 0.2) is 5.65 Å². The van der Waals surface area contributed by atoms with E-state index in [0.29, 0.717) is 0 Å². The standard InChI is InChI=1S/C22H32N6/c1-16(2)28-22-19(14-24-28)21(26(4)5)13-20(25-22)18-9-7-8-17(12-18)15-27(6)11-10-23-3/h7-9,12-14,16,23H,10-11,15H2,1-6H3. The fourth-order valence-electron chi connectivity index (χ4n) is 3.42. The molecule has 2 aromatic heterocycles. The number of hydrogen-bond donors (Lipinski definition) is 1. The Hall–Kier alpha value is -2.44. The summed E-state index contributed by atoms with van der Waals surface area (Å²) in [7, 11) is 8.27. The molecule has 0 saturated heterocycles. The molecule has 0 atom stereocenters. The van der Waals surface area contributed by atoms with Gasteiger partial charge in [0.05, 0.1) is 23.0 Å². The third-order valence-corrected chi connectivity index (χ3v) is 4.93. The molecule has 3 aromatic rings. The fourth-order valence-corrected chi connectivity index (χ4v) is 3.42. The normalized spacial score (nSPS) is 11.7. The van der Waals surface area contributed by atoms with Crippen molar-refractivity contribution in [1.82, 2.24) is 25.0 Å². The van der Waals surface area contributed by atoms with Crippen molar-refractivity contribution >= 4 is 16.7 Å². The topological polar surface area (TPSA) is 49.2 Å². The molecule has 0 saturated carbocycles. The summed E-state index contributed by atoms with van der Waals surface area (Å²) in [5.74, 6) is 0. The van der Waals surface area contributed by atoms with Crippen LogP contribution in [0.5, 0.6) is 0 Å². The van der Waals surface area contributed by atoms with E-state index in [1.807, 2.05) is 17.9 Å². The van der Waals surface area contributed by atoms with Gasteiger partial charge >= 0.3 is 0 Å². The number of pyridine rings is 1. The molecular weight excluding hydrogens is 348 g/mol. The summed E-state index contributed by atoms with van der Waals surface area (Å²) >= 11 is 0. The van der Waals surface area contributed by atoms with E-state index in [0.717, 1.165) is 47.6 Å². The van der Waals surface area contributed by atoms with Gasteiger partial charge in [-0.3, -0.25) is 0 Å². The largest absolute Gasteiger partial charge is 0.377 e. The van der Waals surface area contributed by atoms with Crippen LogP contribution in [-0.2, 0) is 6.54 Å². The highest BCUT2D eigenvalue weighted by atomic mass is 15.3. The highest BCUT2D eigenvalue weighted by Crippen LogP contribution is 2.31. The van der Waals surface area contributed by atoms with Crippen molar-refractivity contribution in [1.29, 1.82) is 0 Å². The molecule has 2 heterocycles. The van der Waals surface area contributed by atoms with Gasteiger partial charge in [-0.25, -0.2) is 9.67 Å². The zero-order chi connectivity index (χ0) is 20.3. The fraction of sp³-hybridized carbons (Fsp3) is 0.455. The number of aromatic nitrogens is 3. The van der Waals surface area contributed by atoms with E-state index >= 15 is 0 Å². The van der Waals surface area contributed by atoms with Crippen LogP contribution in [0.2, 0.25) is 0 Å². The maximum absolute atomic E-state index is 4.99. The molecule has 28 heavy (non-hydrogen) atoms. The second-order valence-corrected chi connectivity index (χ2v) is 7.88. The molecular formula is C22H32N6. The monoisotopic (exact) mass is 380 g/mol. The number of nitrogens with zero attached hydrogens (tertiary/aromatic N) is 5. The van der Waals surface area contributed by atoms with Gasteiger partial charge in [-0.15, -0.1) is 0 Å². The minimum atomic E-state index is 0.266. The van der Waals surface area contributed by atoms with E-state index in [9.17, 15) is 0 Å². The Morgan fingerprint density at radius 1 is 1.14 bits per heavy atom. The molecule has 0 fully saturated rings. The lowest BCUT2D eigenvalue weighted by Crippen LogP contribution is -2.26. The molecule has 0 spiro atoms. The zero-order valence-electron chi connectivity index (χ0n) is 17.9. The molecule has 1 N–H and O–H groups in total. The third kappa shape index (κ3) is 4.34. The van der Waals surface area contributed by atoms with Crippen LogP contribution in [-0.4, -0.2) is 60.9 Å². The van der Waals surface area contributed by atoms with Crippen LogP contribution in [0.4, 0.5) is 5.69 Å². The van der Waals surface area contributed by atoms with Crippen molar-refractivity contribution in [3.8, 4) is 11.3 Å². The number of nitrogens with one attached hydrogen (secondary N) is 1. The minimum absolute atomic E-state index is 0.266. The molecule has 3 rings (SSSR count). The number of hydrogen-bond acceptors (Lipinski definition) is 5. The average Bonchev–Trinajstić information content (AvgIpc) is 3.10. The van der Waals surface area contributed by atoms with Crippen molar-refractivity contribution < 1.29 is 0 Å². The van der Waals surface area contributed by atoms with Crippen molar-refractivity contribution in [2.24, 2.45) is 0 Å². The summed E-state index contributed by atoms with van der Waals surface area (Å²) < 4.78 is 2.00. The Labute approximate surface area is 168 Å². The lowest BCUT2D eigenvalue weighted by molar-refractivity contribution is 0.328. The Morgan fingerprint density at radius 2 is 1.93 bits per heavy atom. The quantitative estimate of drug-likeness (QED) is 0.649. The first-order chi connectivity index (χ1) is 13.4. The van der Waals surface area contributed by atoms with Crippen LogP contribution < -0.4 is 10.2 Å². The smallest absolute Gasteiger partial charge is 0.160 e. The summed E-state index contributed by atoms with van der Waals surface area (Å²) in [6.45, 7) is 7.20. The Kier molecular flexibility index (Phi) is 6.31. The van der Waals surface area contributed by atoms with Crippen molar-refractivity contribution in [3.63, 3.8) is 0 Å². The van der Waals surface area contributed by atoms with Gasteiger partial charge in [0, 0.05) is 45.3 Å². The molecule has 6 nitrogen and oxygen atoms in total. The first-order valence-electron chi connectivity index (χ1n) is 9.88. The van der Waals surface area contributed by atoms with E-state index in [4.69, 9.17) is 4.98 Å². The van der Waals surface area contributed by atoms with Crippen LogP contribution >= 0.6 is 0 Å². The van der Waals surface area contributed by atoms with Gasteiger partial charge in [-0.1, -0.05) is 18.2 Å². The molecule has 1 aromatic carbocycles. The predicted molar refractivity (Wildman–Crippen MR) is 118 cm³/mol. The lowest BCUT2D eigenvalue weighted by atomic mass is 10.1. The van der Waals surface area contributed by atoms with Gasteiger partial charge in [-0.2, -0.15) is 5.10 Å². The number of rotatable bonds is 8. The molecule has 0 radical (unpaired) electrons. The molecule has 150 valence electrons. The van der Waals surface area contributed by atoms with Gasteiger partial charge < -0.3 is 15.1 Å². The van der Waals surface area contributed by atoms with Crippen LogP contribution in [0.1, 0.15) is 25.5 Å². The van der Waals surface area contributed by atoms with E-state index in [1.165, 1.54) is 5.56 Å². The van der Waals surface area contributed by atoms with Gasteiger partial charge in [0.2, 0.25) is 0 Å². The van der Waals surface area contributed by atoms with Crippen LogP contribution in [0.25, 0.3) is 22.3 Å². The molecule has 0 unspecified atom stereocenters. The van der Waals surface area contributed by atoms with Crippen molar-refractivity contribution in [3.05, 3.63) is 42.1 Å². The van der Waals surface area contributed by atoms with Crippen LogP contribution in [0.15, 0.2) is 36.5 Å². The van der Waals surface area contributed by atoms with Crippen molar-refractivity contribution in [2.45, 2.75) is 26.4 Å². The highest BCUT2D eigenvalue weighted by molar-refractivity contribution is 5.92. The first-order valence-corrected chi connectivity index (χ1v) is 9.88. The lowest BCUT2D eigenvalue weighted by Gasteiger charge is -2.18. The molecule has 0 bridgehead atoms. The summed E-state index contributed by atoms with van der Waals surface area (Å²) in [6, 6.07) is 11.1. The first kappa shape index (κ1) is 20.3. The third-order valence-electron chi connectivity index (χ3n) is 4.93. The zero-order valence-corrected chi connectivity index (χ0v) is 17.9. The maximum atomic E-state index is 4.99. The SMILES string of the molecule is CNCCN(C)Cc1cccc(-c2cc(N(C)C)c3cnn(C(C)C)c3n2)c1. The van der Waals surface area contributed by atoms with E-state index in [1.54, 1.807) is 0 Å². The van der Waals surface area contributed by atoms with Crippen LogP contribution in [0, 0.1) is 0 Å². The molecule has 0 aliphatic rings. The second-order valence-electron chi connectivity index (χ2n) is 7.88. The molecule has 0 amide bonds. The van der Waals surface area contributed by atoms with Gasteiger partial charge in [-0.05, 0) is 45.6 Å². The summed E-state index contributed by atoms with van der Waals surface area (Å²) in [4.78, 5) is 9.45. The average molecular weight is 381 g/mol. The second kappa shape index (κ2) is 8.71. The Bertz CT molecular complexity index is 928. The van der Waals surface area contributed by atoms with Gasteiger partial charge in [0.1, 0.15) is 0 Å². The minimum Gasteiger partial charge on any atom is -0.377 e. The Morgan fingerprint density at radius 3 is 2.61 bits per heavy atom. The highest BCUT2D eigenvalue weighted by Gasteiger charge is 2.15. The predicted octanol–water partition coefficient (Wildman–Crippen LogP) is 3.40.